The Morgan fingerprint density at radius 3 is 2.59 bits per heavy atom. The van der Waals surface area contributed by atoms with Gasteiger partial charge in [0, 0.05) is 31.5 Å². The number of nitrogens with one attached hydrogen (secondary N) is 3. The summed E-state index contributed by atoms with van der Waals surface area (Å²) in [5, 5.41) is 6.56. The van der Waals surface area contributed by atoms with Crippen molar-refractivity contribution in [2.24, 2.45) is 10.4 Å². The fraction of sp³-hybridized carbons (Fsp3) is 0.667. The highest BCUT2D eigenvalue weighted by Crippen LogP contribution is 2.21. The van der Waals surface area contributed by atoms with Crippen LogP contribution in [0, 0.1) is 5.41 Å². The van der Waals surface area contributed by atoms with E-state index in [9.17, 15) is 8.42 Å². The molecule has 1 heterocycles. The quantitative estimate of drug-likeness (QED) is 0.205. The van der Waals surface area contributed by atoms with E-state index in [0.717, 1.165) is 19.4 Å². The monoisotopic (exact) mass is 511 g/mol. The third-order valence-corrected chi connectivity index (χ3v) is 5.12. The van der Waals surface area contributed by atoms with Crippen LogP contribution in [0.4, 0.5) is 0 Å². The van der Waals surface area contributed by atoms with Gasteiger partial charge in [0.1, 0.15) is 4.90 Å². The van der Waals surface area contributed by atoms with Crippen LogP contribution in [0.2, 0.25) is 0 Å². The molecule has 7 nitrogen and oxygen atoms in total. The second kappa shape index (κ2) is 12.5. The number of guanidine groups is 1. The molecule has 27 heavy (non-hydrogen) atoms. The molecule has 0 bridgehead atoms. The van der Waals surface area contributed by atoms with Crippen LogP contribution in [0.5, 0.6) is 0 Å². The lowest BCUT2D eigenvalue weighted by atomic mass is 9.89. The number of pyridine rings is 1. The number of rotatable bonds is 9. The first-order valence-corrected chi connectivity index (χ1v) is 10.6. The SMILES string of the molecule is CCNC(=NCCNS(=O)(=O)c1cccnc1)NC(C)CCC(C)(C)C.I. The van der Waals surface area contributed by atoms with Gasteiger partial charge in [-0.3, -0.25) is 9.98 Å². The highest BCUT2D eigenvalue weighted by molar-refractivity contribution is 14.0. The van der Waals surface area contributed by atoms with Gasteiger partial charge in [0.25, 0.3) is 0 Å². The minimum atomic E-state index is -3.54. The largest absolute Gasteiger partial charge is 0.357 e. The molecular weight excluding hydrogens is 477 g/mol. The standard InChI is InChI=1S/C18H33N5O2S.HI/c1-6-20-17(23-15(2)9-10-18(3,4)5)21-12-13-22-26(24,25)16-8-7-11-19-14-16;/h7-8,11,14-15,22H,6,9-10,12-13H2,1-5H3,(H2,20,21,23);1H. The average Bonchev–Trinajstić information content (AvgIpc) is 2.57. The van der Waals surface area contributed by atoms with Gasteiger partial charge >= 0.3 is 0 Å². The molecule has 1 unspecified atom stereocenters. The summed E-state index contributed by atoms with van der Waals surface area (Å²) in [6.07, 6.45) is 5.03. The Balaban J connectivity index is 0.00000676. The predicted molar refractivity (Wildman–Crippen MR) is 122 cm³/mol. The highest BCUT2D eigenvalue weighted by atomic mass is 127. The van der Waals surface area contributed by atoms with Crippen LogP contribution in [0.1, 0.15) is 47.5 Å². The van der Waals surface area contributed by atoms with Crippen LogP contribution in [0.25, 0.3) is 0 Å². The van der Waals surface area contributed by atoms with Crippen LogP contribution >= 0.6 is 24.0 Å². The van der Waals surface area contributed by atoms with Crippen molar-refractivity contribution in [1.29, 1.82) is 0 Å². The molecule has 156 valence electrons. The number of aromatic nitrogens is 1. The van der Waals surface area contributed by atoms with Gasteiger partial charge in [-0.1, -0.05) is 20.8 Å². The van der Waals surface area contributed by atoms with E-state index in [2.05, 4.69) is 53.0 Å². The van der Waals surface area contributed by atoms with Crippen molar-refractivity contribution in [1.82, 2.24) is 20.3 Å². The number of hydrogen-bond donors (Lipinski definition) is 3. The minimum absolute atomic E-state index is 0. The zero-order chi connectivity index (χ0) is 19.6. The summed E-state index contributed by atoms with van der Waals surface area (Å²) < 4.78 is 26.8. The second-order valence-electron chi connectivity index (χ2n) is 7.49. The Morgan fingerprint density at radius 1 is 1.33 bits per heavy atom. The molecule has 0 aromatic carbocycles. The van der Waals surface area contributed by atoms with E-state index in [4.69, 9.17) is 0 Å². The minimum Gasteiger partial charge on any atom is -0.357 e. The van der Waals surface area contributed by atoms with Gasteiger partial charge in [-0.25, -0.2) is 13.1 Å². The Morgan fingerprint density at radius 2 is 2.04 bits per heavy atom. The van der Waals surface area contributed by atoms with Crippen molar-refractivity contribution in [3.63, 3.8) is 0 Å². The zero-order valence-electron chi connectivity index (χ0n) is 16.9. The van der Waals surface area contributed by atoms with Gasteiger partial charge in [-0.15, -0.1) is 24.0 Å². The van der Waals surface area contributed by atoms with Crippen molar-refractivity contribution < 1.29 is 8.42 Å². The molecule has 0 amide bonds. The molecule has 0 aliphatic heterocycles. The van der Waals surface area contributed by atoms with Gasteiger partial charge in [0.05, 0.1) is 6.54 Å². The highest BCUT2D eigenvalue weighted by Gasteiger charge is 2.14. The maximum atomic E-state index is 12.1. The molecule has 0 aliphatic carbocycles. The van der Waals surface area contributed by atoms with Crippen LogP contribution in [-0.4, -0.2) is 45.0 Å². The summed E-state index contributed by atoms with van der Waals surface area (Å²) in [7, 11) is -3.54. The van der Waals surface area contributed by atoms with Crippen LogP contribution in [0.3, 0.4) is 0 Å². The van der Waals surface area contributed by atoms with Gasteiger partial charge in [-0.05, 0) is 44.2 Å². The van der Waals surface area contributed by atoms with Gasteiger partial charge in [0.15, 0.2) is 5.96 Å². The maximum absolute atomic E-state index is 12.1. The zero-order valence-corrected chi connectivity index (χ0v) is 20.1. The number of hydrogen-bond acceptors (Lipinski definition) is 4. The van der Waals surface area contributed by atoms with Crippen molar-refractivity contribution in [3.05, 3.63) is 24.5 Å². The van der Waals surface area contributed by atoms with Crippen LogP contribution in [0.15, 0.2) is 34.4 Å². The fourth-order valence-corrected chi connectivity index (χ4v) is 3.20. The summed E-state index contributed by atoms with van der Waals surface area (Å²) in [5.41, 5.74) is 0.302. The topological polar surface area (TPSA) is 95.5 Å². The lowest BCUT2D eigenvalue weighted by Crippen LogP contribution is -2.43. The number of halogens is 1. The number of nitrogens with zero attached hydrogens (tertiary/aromatic N) is 2. The number of aliphatic imine (C=N–C) groups is 1. The Bertz CT molecular complexity index is 660. The molecule has 9 heteroatoms. The van der Waals surface area contributed by atoms with E-state index in [1.807, 2.05) is 6.92 Å². The van der Waals surface area contributed by atoms with E-state index >= 15 is 0 Å². The van der Waals surface area contributed by atoms with Gasteiger partial charge in [0.2, 0.25) is 10.0 Å². The second-order valence-corrected chi connectivity index (χ2v) is 9.26. The Labute approximate surface area is 181 Å². The molecule has 3 N–H and O–H groups in total. The Kier molecular flexibility index (Phi) is 12.1. The van der Waals surface area contributed by atoms with Crippen molar-refractivity contribution in [2.75, 3.05) is 19.6 Å². The first-order chi connectivity index (χ1) is 12.1. The molecule has 1 rings (SSSR count). The Hall–Kier alpha value is -0.940. The van der Waals surface area contributed by atoms with Crippen molar-refractivity contribution >= 4 is 40.0 Å². The van der Waals surface area contributed by atoms with Gasteiger partial charge in [-0.2, -0.15) is 0 Å². The van der Waals surface area contributed by atoms with E-state index < -0.39 is 10.0 Å². The predicted octanol–water partition coefficient (Wildman–Crippen LogP) is 2.75. The van der Waals surface area contributed by atoms with E-state index in [1.165, 1.54) is 12.3 Å². The molecule has 1 aromatic heterocycles. The molecule has 1 aromatic rings. The molecule has 0 saturated carbocycles. The van der Waals surface area contributed by atoms with Gasteiger partial charge < -0.3 is 10.6 Å². The smallest absolute Gasteiger partial charge is 0.242 e. The number of sulfonamides is 1. The summed E-state index contributed by atoms with van der Waals surface area (Å²) >= 11 is 0. The normalized spacial score (nSPS) is 13.6. The molecule has 0 radical (unpaired) electrons. The molecule has 1 atom stereocenters. The van der Waals surface area contributed by atoms with E-state index in [1.54, 1.807) is 12.3 Å². The van der Waals surface area contributed by atoms with E-state index in [-0.39, 0.29) is 35.4 Å². The fourth-order valence-electron chi connectivity index (χ4n) is 2.21. The molecule has 0 fully saturated rings. The molecule has 0 saturated heterocycles. The summed E-state index contributed by atoms with van der Waals surface area (Å²) in [6, 6.07) is 3.40. The molecule has 0 aliphatic rings. The summed E-state index contributed by atoms with van der Waals surface area (Å²) in [5.74, 6) is 0.703. The lowest BCUT2D eigenvalue weighted by molar-refractivity contribution is 0.346. The van der Waals surface area contributed by atoms with Crippen LogP contribution in [-0.2, 0) is 10.0 Å². The summed E-state index contributed by atoms with van der Waals surface area (Å²) in [6.45, 7) is 12.1. The molecular formula is C18H34IN5O2S. The first-order valence-electron chi connectivity index (χ1n) is 9.08. The third-order valence-electron chi connectivity index (χ3n) is 3.67. The van der Waals surface area contributed by atoms with Crippen molar-refractivity contribution in [3.8, 4) is 0 Å². The average molecular weight is 511 g/mol. The third kappa shape index (κ3) is 11.5. The maximum Gasteiger partial charge on any atom is 0.242 e. The van der Waals surface area contributed by atoms with Crippen LogP contribution < -0.4 is 15.4 Å². The first kappa shape index (κ1) is 26.1. The lowest BCUT2D eigenvalue weighted by Gasteiger charge is -2.23. The van der Waals surface area contributed by atoms with E-state index in [0.29, 0.717) is 24.0 Å². The summed E-state index contributed by atoms with van der Waals surface area (Å²) in [4.78, 5) is 8.44. The van der Waals surface area contributed by atoms with Crippen molar-refractivity contribution in [2.45, 2.75) is 58.4 Å². The molecule has 0 spiro atoms.